The van der Waals surface area contributed by atoms with Crippen molar-refractivity contribution in [1.29, 1.82) is 0 Å². The lowest BCUT2D eigenvalue weighted by atomic mass is 10.6. The molecule has 1 atom stereocenters. The second-order valence-corrected chi connectivity index (χ2v) is 3.39. The summed E-state index contributed by atoms with van der Waals surface area (Å²) in [5.74, 6) is -0.938. The summed E-state index contributed by atoms with van der Waals surface area (Å²) in [7, 11) is 4.02. The van der Waals surface area contributed by atoms with Crippen LogP contribution in [0.1, 0.15) is 6.92 Å². The van der Waals surface area contributed by atoms with E-state index >= 15 is 0 Å². The van der Waals surface area contributed by atoms with Gasteiger partial charge in [-0.1, -0.05) is 0 Å². The lowest BCUT2D eigenvalue weighted by molar-refractivity contribution is -0.221. The van der Waals surface area contributed by atoms with E-state index in [0.717, 1.165) is 13.1 Å². The van der Waals surface area contributed by atoms with E-state index in [4.69, 9.17) is 15.3 Å². The number of nitrogens with two attached hydrogens (primary N) is 1. The van der Waals surface area contributed by atoms with E-state index in [1.54, 1.807) is 12.0 Å². The molecule has 0 bridgehead atoms. The summed E-state index contributed by atoms with van der Waals surface area (Å²) in [4.78, 5) is 7.34. The van der Waals surface area contributed by atoms with Crippen LogP contribution in [0.4, 0.5) is 0 Å². The topological polar surface area (TPSA) is 51.0 Å². The first-order valence-electron chi connectivity index (χ1n) is 4.01. The molecule has 1 aliphatic rings. The highest BCUT2D eigenvalue weighted by atomic mass is 16.9. The Morgan fingerprint density at radius 2 is 2.25 bits per heavy atom. The third kappa shape index (κ3) is 3.04. The standard InChI is InChI=1S/C7H17N3O2/c1-7(8)11-6-10(12-7)5-4-9(2)3/h4-6,8H2,1-3H3. The van der Waals surface area contributed by atoms with Gasteiger partial charge in [-0.05, 0) is 14.1 Å². The minimum absolute atomic E-state index is 0.445. The van der Waals surface area contributed by atoms with Crippen molar-refractivity contribution in [3.05, 3.63) is 0 Å². The Morgan fingerprint density at radius 1 is 1.58 bits per heavy atom. The van der Waals surface area contributed by atoms with Gasteiger partial charge in [0.05, 0.1) is 0 Å². The second-order valence-electron chi connectivity index (χ2n) is 3.39. The van der Waals surface area contributed by atoms with Crippen LogP contribution in [-0.2, 0) is 9.57 Å². The lowest BCUT2D eigenvalue weighted by Crippen LogP contribution is -2.39. The van der Waals surface area contributed by atoms with Crippen molar-refractivity contribution >= 4 is 0 Å². The number of ether oxygens (including phenoxy) is 1. The van der Waals surface area contributed by atoms with Gasteiger partial charge in [-0.3, -0.25) is 5.73 Å². The quantitative estimate of drug-likeness (QED) is 0.621. The van der Waals surface area contributed by atoms with Crippen molar-refractivity contribution in [1.82, 2.24) is 9.96 Å². The van der Waals surface area contributed by atoms with Gasteiger partial charge in [0.2, 0.25) is 5.91 Å². The van der Waals surface area contributed by atoms with Crippen LogP contribution in [0.25, 0.3) is 0 Å². The number of nitrogens with zero attached hydrogens (tertiary/aromatic N) is 2. The third-order valence-corrected chi connectivity index (χ3v) is 1.60. The Balaban J connectivity index is 2.20. The highest BCUT2D eigenvalue weighted by Crippen LogP contribution is 2.15. The summed E-state index contributed by atoms with van der Waals surface area (Å²) in [6.45, 7) is 3.88. The fourth-order valence-corrected chi connectivity index (χ4v) is 0.931. The van der Waals surface area contributed by atoms with E-state index in [1.807, 2.05) is 14.1 Å². The fraction of sp³-hybridized carbons (Fsp3) is 1.00. The van der Waals surface area contributed by atoms with Gasteiger partial charge in [0.1, 0.15) is 6.73 Å². The van der Waals surface area contributed by atoms with Crippen LogP contribution < -0.4 is 5.73 Å². The molecule has 1 aliphatic heterocycles. The predicted molar refractivity (Wildman–Crippen MR) is 44.9 cm³/mol. The summed E-state index contributed by atoms with van der Waals surface area (Å²) in [5.41, 5.74) is 5.57. The largest absolute Gasteiger partial charge is 0.318 e. The molecule has 2 N–H and O–H groups in total. The van der Waals surface area contributed by atoms with Crippen LogP contribution in [0.5, 0.6) is 0 Å². The number of likely N-dealkylation sites (N-methyl/N-ethyl adjacent to an activating group) is 1. The second kappa shape index (κ2) is 3.68. The van der Waals surface area contributed by atoms with E-state index in [0.29, 0.717) is 6.73 Å². The molecule has 5 nitrogen and oxygen atoms in total. The van der Waals surface area contributed by atoms with Gasteiger partial charge in [-0.15, -0.1) is 0 Å². The smallest absolute Gasteiger partial charge is 0.241 e. The molecule has 0 amide bonds. The summed E-state index contributed by atoms with van der Waals surface area (Å²) >= 11 is 0. The maximum Gasteiger partial charge on any atom is 0.241 e. The molecular formula is C7H17N3O2. The molecule has 72 valence electrons. The van der Waals surface area contributed by atoms with Gasteiger partial charge in [0, 0.05) is 20.0 Å². The maximum absolute atomic E-state index is 5.57. The molecule has 5 heteroatoms. The Kier molecular flexibility index (Phi) is 3.03. The number of hydrogen-bond donors (Lipinski definition) is 1. The summed E-state index contributed by atoms with van der Waals surface area (Å²) < 4.78 is 5.15. The third-order valence-electron chi connectivity index (χ3n) is 1.60. The summed E-state index contributed by atoms with van der Waals surface area (Å²) in [5, 5.41) is 1.72. The first-order chi connectivity index (χ1) is 5.49. The van der Waals surface area contributed by atoms with E-state index in [2.05, 4.69) is 4.90 Å². The SMILES string of the molecule is CN(C)CCN1COC(C)(N)O1. The monoisotopic (exact) mass is 175 g/mol. The zero-order valence-electron chi connectivity index (χ0n) is 7.91. The number of hydroxylamine groups is 2. The van der Waals surface area contributed by atoms with Gasteiger partial charge >= 0.3 is 0 Å². The van der Waals surface area contributed by atoms with Crippen LogP contribution in [0.15, 0.2) is 0 Å². The van der Waals surface area contributed by atoms with E-state index in [9.17, 15) is 0 Å². The Labute approximate surface area is 73.0 Å². The highest BCUT2D eigenvalue weighted by Gasteiger charge is 2.31. The summed E-state index contributed by atoms with van der Waals surface area (Å²) in [6.07, 6.45) is 0. The molecule has 0 aliphatic carbocycles. The lowest BCUT2D eigenvalue weighted by Gasteiger charge is -2.18. The average Bonchev–Trinajstić information content (AvgIpc) is 2.26. The molecule has 1 saturated heterocycles. The van der Waals surface area contributed by atoms with Crippen LogP contribution in [0, 0.1) is 0 Å². The molecule has 0 spiro atoms. The van der Waals surface area contributed by atoms with Crippen LogP contribution in [0.2, 0.25) is 0 Å². The average molecular weight is 175 g/mol. The molecule has 1 unspecified atom stereocenters. The first-order valence-corrected chi connectivity index (χ1v) is 4.01. The van der Waals surface area contributed by atoms with Crippen LogP contribution >= 0.6 is 0 Å². The van der Waals surface area contributed by atoms with Crippen molar-refractivity contribution in [3.8, 4) is 0 Å². The number of hydrogen-bond acceptors (Lipinski definition) is 5. The normalized spacial score (nSPS) is 31.8. The molecule has 0 aromatic heterocycles. The minimum Gasteiger partial charge on any atom is -0.318 e. The summed E-state index contributed by atoms with van der Waals surface area (Å²) in [6, 6.07) is 0. The molecule has 0 aromatic carbocycles. The number of rotatable bonds is 3. The molecule has 12 heavy (non-hydrogen) atoms. The van der Waals surface area contributed by atoms with Gasteiger partial charge in [0.15, 0.2) is 0 Å². The van der Waals surface area contributed by atoms with E-state index in [-0.39, 0.29) is 0 Å². The zero-order chi connectivity index (χ0) is 9.19. The van der Waals surface area contributed by atoms with E-state index < -0.39 is 5.91 Å². The van der Waals surface area contributed by atoms with Crippen LogP contribution in [0.3, 0.4) is 0 Å². The zero-order valence-corrected chi connectivity index (χ0v) is 7.91. The van der Waals surface area contributed by atoms with E-state index in [1.165, 1.54) is 0 Å². The maximum atomic E-state index is 5.57. The Bertz CT molecular complexity index is 150. The first kappa shape index (κ1) is 9.88. The van der Waals surface area contributed by atoms with Crippen LogP contribution in [-0.4, -0.2) is 49.8 Å². The van der Waals surface area contributed by atoms with Gasteiger partial charge in [-0.2, -0.15) is 5.06 Å². The molecular weight excluding hydrogens is 158 g/mol. The molecule has 0 radical (unpaired) electrons. The van der Waals surface area contributed by atoms with Crippen molar-refractivity contribution in [2.45, 2.75) is 12.8 Å². The highest BCUT2D eigenvalue weighted by molar-refractivity contribution is 4.58. The Morgan fingerprint density at radius 3 is 2.67 bits per heavy atom. The minimum atomic E-state index is -0.938. The van der Waals surface area contributed by atoms with Crippen molar-refractivity contribution in [2.75, 3.05) is 33.9 Å². The van der Waals surface area contributed by atoms with Gasteiger partial charge in [0.25, 0.3) is 0 Å². The molecule has 0 saturated carbocycles. The van der Waals surface area contributed by atoms with Crippen molar-refractivity contribution in [2.24, 2.45) is 5.73 Å². The fourth-order valence-electron chi connectivity index (χ4n) is 0.931. The van der Waals surface area contributed by atoms with Crippen molar-refractivity contribution < 1.29 is 9.57 Å². The van der Waals surface area contributed by atoms with Crippen molar-refractivity contribution in [3.63, 3.8) is 0 Å². The molecule has 0 aromatic rings. The molecule has 1 rings (SSSR count). The van der Waals surface area contributed by atoms with Gasteiger partial charge in [-0.25, -0.2) is 4.84 Å². The van der Waals surface area contributed by atoms with Gasteiger partial charge < -0.3 is 9.64 Å². The Hall–Kier alpha value is -0.200. The predicted octanol–water partition coefficient (Wildman–Crippen LogP) is -0.598. The molecule has 1 fully saturated rings. The molecule has 1 heterocycles.